The Balaban J connectivity index is 1.94. The quantitative estimate of drug-likeness (QED) is 0.570. The van der Waals surface area contributed by atoms with E-state index in [0.29, 0.717) is 22.0 Å². The lowest BCUT2D eigenvalue weighted by molar-refractivity contribution is 0.681. The number of hydrogen-bond donors (Lipinski definition) is 2. The summed E-state index contributed by atoms with van der Waals surface area (Å²) in [6.07, 6.45) is 5.36. The van der Waals surface area contributed by atoms with Crippen LogP contribution in [0.5, 0.6) is 0 Å². The van der Waals surface area contributed by atoms with Crippen molar-refractivity contribution in [3.8, 4) is 11.1 Å². The average molecular weight is 379 g/mol. The van der Waals surface area contributed by atoms with E-state index in [1.54, 1.807) is 36.3 Å². The number of anilines is 1. The van der Waals surface area contributed by atoms with E-state index in [4.69, 9.17) is 0 Å². The third kappa shape index (κ3) is 3.32. The molecule has 136 valence electrons. The molecule has 0 radical (unpaired) electrons. The van der Waals surface area contributed by atoms with Crippen LogP contribution >= 0.6 is 0 Å². The Hall–Kier alpha value is -3.10. The molecule has 7 nitrogen and oxygen atoms in total. The summed E-state index contributed by atoms with van der Waals surface area (Å²) >= 11 is -1.42. The lowest BCUT2D eigenvalue weighted by atomic mass is 10.1. The Bertz CT molecular complexity index is 1250. The molecule has 4 aromatic rings. The smallest absolute Gasteiger partial charge is 0.195 e. The van der Waals surface area contributed by atoms with Crippen molar-refractivity contribution in [1.29, 1.82) is 0 Å². The van der Waals surface area contributed by atoms with Gasteiger partial charge in [-0.15, -0.1) is 0 Å². The van der Waals surface area contributed by atoms with Crippen molar-refractivity contribution in [3.05, 3.63) is 65.2 Å². The molecule has 1 unspecified atom stereocenters. The Labute approximate surface area is 157 Å². The Kier molecular flexibility index (Phi) is 4.43. The predicted molar refractivity (Wildman–Crippen MR) is 109 cm³/mol. The minimum absolute atomic E-state index is 0.123. The van der Waals surface area contributed by atoms with E-state index in [1.165, 1.54) is 0 Å². The van der Waals surface area contributed by atoms with Gasteiger partial charge in [-0.3, -0.25) is 19.2 Å². The van der Waals surface area contributed by atoms with Gasteiger partial charge in [-0.2, -0.15) is 5.10 Å². The van der Waals surface area contributed by atoms with Crippen molar-refractivity contribution in [2.45, 2.75) is 0 Å². The number of hydrogen-bond acceptors (Lipinski definition) is 4. The number of nitrogens with one attached hydrogen (secondary N) is 2. The maximum absolute atomic E-state index is 13.2. The normalized spacial score (nSPS) is 12.4. The number of benzene rings is 1. The van der Waals surface area contributed by atoms with Crippen LogP contribution in [0.3, 0.4) is 0 Å². The first kappa shape index (κ1) is 17.3. The van der Waals surface area contributed by atoms with Crippen molar-refractivity contribution in [3.63, 3.8) is 0 Å². The van der Waals surface area contributed by atoms with Crippen LogP contribution in [0.2, 0.25) is 0 Å². The van der Waals surface area contributed by atoms with Gasteiger partial charge >= 0.3 is 0 Å². The van der Waals surface area contributed by atoms with E-state index in [1.807, 2.05) is 37.5 Å². The third-order valence-electron chi connectivity index (χ3n) is 4.32. The summed E-state index contributed by atoms with van der Waals surface area (Å²) in [5.41, 5.74) is 2.83. The molecule has 0 aliphatic heterocycles. The van der Waals surface area contributed by atoms with Crippen molar-refractivity contribution in [2.24, 2.45) is 7.05 Å². The van der Waals surface area contributed by atoms with Crippen molar-refractivity contribution >= 4 is 38.5 Å². The molecule has 4 rings (SSSR count). The van der Waals surface area contributed by atoms with Crippen LogP contribution in [-0.4, -0.2) is 26.0 Å². The molecule has 2 aromatic carbocycles. The number of pyridine rings is 1. The van der Waals surface area contributed by atoms with Crippen LogP contribution < -0.4 is 14.9 Å². The molecule has 2 aromatic heterocycles. The van der Waals surface area contributed by atoms with Gasteiger partial charge < -0.3 is 0 Å². The highest BCUT2D eigenvalue weighted by Crippen LogP contribution is 2.23. The molecule has 2 N–H and O–H groups in total. The van der Waals surface area contributed by atoms with E-state index in [9.17, 15) is 9.00 Å². The molecule has 0 spiro atoms. The molecule has 0 fully saturated rings. The first-order chi connectivity index (χ1) is 13.0. The average Bonchev–Trinajstić information content (AvgIpc) is 3.06. The number of rotatable bonds is 4. The van der Waals surface area contributed by atoms with Crippen LogP contribution in [-0.2, 0) is 18.2 Å². The highest BCUT2D eigenvalue weighted by Gasteiger charge is 2.08. The molecule has 0 bridgehead atoms. The molecule has 8 heteroatoms. The second-order valence-electron chi connectivity index (χ2n) is 6.10. The number of aryl methyl sites for hydroxylation is 1. The van der Waals surface area contributed by atoms with Gasteiger partial charge in [-0.1, -0.05) is 12.1 Å². The molecule has 1 atom stereocenters. The SMILES string of the molecule is CNS(=O)Nc1ccc2ccc3ncc(-c4cnn(C)c4)cc3c(=O)c2c1. The fourth-order valence-electron chi connectivity index (χ4n) is 2.95. The maximum atomic E-state index is 13.2. The van der Waals surface area contributed by atoms with Gasteiger partial charge in [0.15, 0.2) is 16.6 Å². The summed E-state index contributed by atoms with van der Waals surface area (Å²) in [6, 6.07) is 10.9. The molecule has 0 aliphatic carbocycles. The van der Waals surface area contributed by atoms with E-state index in [2.05, 4.69) is 19.5 Å². The highest BCUT2D eigenvalue weighted by molar-refractivity contribution is 7.84. The first-order valence-corrected chi connectivity index (χ1v) is 9.42. The van der Waals surface area contributed by atoms with Crippen LogP contribution in [0.1, 0.15) is 0 Å². The summed E-state index contributed by atoms with van der Waals surface area (Å²) in [5.74, 6) is 0. The Morgan fingerprint density at radius 2 is 1.85 bits per heavy atom. The molecular formula is C19H17N5O2S. The molecule has 0 saturated carbocycles. The van der Waals surface area contributed by atoms with Gasteiger partial charge in [-0.05, 0) is 36.7 Å². The largest absolute Gasteiger partial charge is 0.292 e. The summed E-state index contributed by atoms with van der Waals surface area (Å²) in [7, 11) is 3.43. The summed E-state index contributed by atoms with van der Waals surface area (Å²) in [6.45, 7) is 0. The van der Waals surface area contributed by atoms with Crippen molar-refractivity contribution in [1.82, 2.24) is 19.5 Å². The van der Waals surface area contributed by atoms with Gasteiger partial charge in [0.25, 0.3) is 0 Å². The van der Waals surface area contributed by atoms with Crippen LogP contribution in [0.25, 0.3) is 32.8 Å². The lowest BCUT2D eigenvalue weighted by Crippen LogP contribution is -2.18. The monoisotopic (exact) mass is 379 g/mol. The number of fused-ring (bicyclic) bond motifs is 2. The molecular weight excluding hydrogens is 362 g/mol. The lowest BCUT2D eigenvalue weighted by Gasteiger charge is -2.04. The van der Waals surface area contributed by atoms with E-state index in [-0.39, 0.29) is 5.43 Å². The fraction of sp³-hybridized carbons (Fsp3) is 0.105. The Morgan fingerprint density at radius 3 is 2.59 bits per heavy atom. The van der Waals surface area contributed by atoms with E-state index in [0.717, 1.165) is 16.5 Å². The molecule has 0 amide bonds. The third-order valence-corrected chi connectivity index (χ3v) is 5.11. The van der Waals surface area contributed by atoms with Gasteiger partial charge in [0.05, 0.1) is 11.7 Å². The van der Waals surface area contributed by atoms with E-state index >= 15 is 0 Å². The van der Waals surface area contributed by atoms with Crippen LogP contribution in [0.4, 0.5) is 5.69 Å². The molecule has 27 heavy (non-hydrogen) atoms. The standard InChI is InChI=1S/C19H17N5O2S/c1-20-27(26)23-15-5-3-12-4-6-18-17(19(25)16(12)8-15)7-13(9-21-18)14-10-22-24(2)11-14/h3-11,20,23H,1-2H3. The second-order valence-corrected chi connectivity index (χ2v) is 7.25. The zero-order valence-electron chi connectivity index (χ0n) is 14.8. The summed E-state index contributed by atoms with van der Waals surface area (Å²) in [4.78, 5) is 17.7. The number of aromatic nitrogens is 3. The summed E-state index contributed by atoms with van der Waals surface area (Å²) < 4.78 is 18.8. The first-order valence-electron chi connectivity index (χ1n) is 8.27. The van der Waals surface area contributed by atoms with Crippen molar-refractivity contribution < 1.29 is 4.21 Å². The van der Waals surface area contributed by atoms with Gasteiger partial charge in [0, 0.05) is 47.0 Å². The van der Waals surface area contributed by atoms with Gasteiger partial charge in [-0.25, -0.2) is 8.93 Å². The van der Waals surface area contributed by atoms with Crippen LogP contribution in [0.15, 0.2) is 59.8 Å². The van der Waals surface area contributed by atoms with Crippen LogP contribution in [0, 0.1) is 0 Å². The topological polar surface area (TPSA) is 88.9 Å². The number of nitrogens with zero attached hydrogens (tertiary/aromatic N) is 3. The minimum atomic E-state index is -1.42. The zero-order chi connectivity index (χ0) is 19.0. The summed E-state index contributed by atoms with van der Waals surface area (Å²) in [5, 5.41) is 6.03. The molecule has 0 saturated heterocycles. The molecule has 2 heterocycles. The van der Waals surface area contributed by atoms with Crippen molar-refractivity contribution in [2.75, 3.05) is 11.8 Å². The molecule has 0 aliphatic rings. The highest BCUT2D eigenvalue weighted by atomic mass is 32.2. The van der Waals surface area contributed by atoms with Gasteiger partial charge in [0.1, 0.15) is 0 Å². The Morgan fingerprint density at radius 1 is 1.04 bits per heavy atom. The second kappa shape index (κ2) is 6.90. The van der Waals surface area contributed by atoms with E-state index < -0.39 is 11.2 Å². The minimum Gasteiger partial charge on any atom is -0.292 e. The zero-order valence-corrected chi connectivity index (χ0v) is 15.6. The maximum Gasteiger partial charge on any atom is 0.195 e. The van der Waals surface area contributed by atoms with Gasteiger partial charge in [0.2, 0.25) is 0 Å². The predicted octanol–water partition coefficient (Wildman–Crippen LogP) is 2.36. The fourth-order valence-corrected chi connectivity index (χ4v) is 3.39.